The summed E-state index contributed by atoms with van der Waals surface area (Å²) in [4.78, 5) is 25.3. The van der Waals surface area contributed by atoms with Crippen molar-refractivity contribution in [3.8, 4) is 16.9 Å². The first-order valence-electron chi connectivity index (χ1n) is 9.05. The van der Waals surface area contributed by atoms with E-state index >= 15 is 0 Å². The highest BCUT2D eigenvalue weighted by Crippen LogP contribution is 2.26. The van der Waals surface area contributed by atoms with E-state index in [1.165, 1.54) is 36.4 Å². The van der Waals surface area contributed by atoms with Crippen LogP contribution < -0.4 is 15.4 Å². The van der Waals surface area contributed by atoms with Gasteiger partial charge in [0, 0.05) is 6.07 Å². The van der Waals surface area contributed by atoms with Crippen LogP contribution in [0, 0.1) is 12.1 Å². The van der Waals surface area contributed by atoms with Crippen molar-refractivity contribution in [2.45, 2.75) is 6.92 Å². The van der Waals surface area contributed by atoms with Crippen LogP contribution in [0.25, 0.3) is 22.1 Å². The minimum Gasteiger partial charge on any atom is -0.733 e. The molecule has 150 valence electrons. The summed E-state index contributed by atoms with van der Waals surface area (Å²) >= 11 is 0. The standard InChI is InChI=1S/C23H16NO6/c1-14-21(15-5-3-2-4-6-15)22(25)19-12-11-18(13-20(19)29-14)30-23(26)16-7-9-17(10-8-16)24(27)28/h2-13,27H,1H3/q-1. The van der Waals surface area contributed by atoms with Crippen LogP contribution in [-0.4, -0.2) is 11.2 Å². The molecule has 1 N–H and O–H groups in total. The molecule has 0 unspecified atom stereocenters. The van der Waals surface area contributed by atoms with Crippen molar-refractivity contribution in [3.05, 3.63) is 99.6 Å². The van der Waals surface area contributed by atoms with Crippen molar-refractivity contribution < 1.29 is 19.2 Å². The van der Waals surface area contributed by atoms with Crippen molar-refractivity contribution in [2.75, 3.05) is 5.23 Å². The number of carbonyl (C=O) groups excluding carboxylic acids is 1. The van der Waals surface area contributed by atoms with Gasteiger partial charge in [-0.2, -0.15) is 0 Å². The number of fused-ring (bicyclic) bond motifs is 1. The smallest absolute Gasteiger partial charge is 0.343 e. The van der Waals surface area contributed by atoms with Crippen molar-refractivity contribution in [1.29, 1.82) is 0 Å². The fourth-order valence-corrected chi connectivity index (χ4v) is 3.18. The summed E-state index contributed by atoms with van der Waals surface area (Å²) in [6.45, 7) is 1.71. The minimum absolute atomic E-state index is 0.0104. The van der Waals surface area contributed by atoms with Gasteiger partial charge in [0.05, 0.1) is 22.2 Å². The second-order valence-corrected chi connectivity index (χ2v) is 6.60. The second-order valence-electron chi connectivity index (χ2n) is 6.60. The molecule has 3 aromatic carbocycles. The molecule has 1 heterocycles. The van der Waals surface area contributed by atoms with Crippen LogP contribution in [0.2, 0.25) is 0 Å². The van der Waals surface area contributed by atoms with Gasteiger partial charge < -0.3 is 19.6 Å². The van der Waals surface area contributed by atoms with E-state index in [-0.39, 0.29) is 27.7 Å². The van der Waals surface area contributed by atoms with Gasteiger partial charge >= 0.3 is 5.97 Å². The molecular weight excluding hydrogens is 386 g/mol. The summed E-state index contributed by atoms with van der Waals surface area (Å²) in [6, 6.07) is 19.1. The molecule has 0 radical (unpaired) electrons. The van der Waals surface area contributed by atoms with Crippen LogP contribution >= 0.6 is 0 Å². The topological polar surface area (TPSA) is 103 Å². The highest BCUT2D eigenvalue weighted by Gasteiger charge is 2.15. The quantitative estimate of drug-likeness (QED) is 0.300. The molecule has 0 bridgehead atoms. The van der Waals surface area contributed by atoms with Gasteiger partial charge in [0.25, 0.3) is 0 Å². The van der Waals surface area contributed by atoms with Crippen LogP contribution in [0.15, 0.2) is 82.0 Å². The molecule has 0 aliphatic heterocycles. The largest absolute Gasteiger partial charge is 0.733 e. The highest BCUT2D eigenvalue weighted by atomic mass is 16.8. The van der Waals surface area contributed by atoms with E-state index in [0.29, 0.717) is 22.3 Å². The van der Waals surface area contributed by atoms with Crippen LogP contribution in [0.1, 0.15) is 16.1 Å². The van der Waals surface area contributed by atoms with Crippen molar-refractivity contribution >= 4 is 22.6 Å². The third-order valence-electron chi connectivity index (χ3n) is 4.64. The van der Waals surface area contributed by atoms with E-state index in [4.69, 9.17) is 14.4 Å². The van der Waals surface area contributed by atoms with Gasteiger partial charge in [-0.1, -0.05) is 30.3 Å². The Kier molecular flexibility index (Phi) is 5.05. The lowest BCUT2D eigenvalue weighted by Crippen LogP contribution is -2.11. The predicted octanol–water partition coefficient (Wildman–Crippen LogP) is 4.68. The average Bonchev–Trinajstić information content (AvgIpc) is 2.74. The Bertz CT molecular complexity index is 1280. The average molecular weight is 402 g/mol. The number of ether oxygens (including phenoxy) is 1. The molecule has 0 aliphatic rings. The molecule has 0 amide bonds. The molecule has 0 saturated heterocycles. The zero-order valence-electron chi connectivity index (χ0n) is 15.9. The molecule has 0 aliphatic carbocycles. The number of esters is 1. The Morgan fingerprint density at radius 1 is 1.03 bits per heavy atom. The van der Waals surface area contributed by atoms with Crippen LogP contribution in [0.5, 0.6) is 5.75 Å². The SMILES string of the molecule is Cc1oc2cc(OC(=O)c3ccc(N([O-])O)cc3)ccc2c(=O)c1-c1ccccc1. The maximum atomic E-state index is 13.0. The maximum Gasteiger partial charge on any atom is 0.343 e. The molecule has 4 rings (SSSR count). The van der Waals surface area contributed by atoms with Gasteiger partial charge in [-0.05, 0) is 48.9 Å². The number of carbonyl (C=O) groups is 1. The molecule has 1 aromatic heterocycles. The van der Waals surface area contributed by atoms with E-state index in [9.17, 15) is 14.8 Å². The molecule has 0 spiro atoms. The van der Waals surface area contributed by atoms with Crippen molar-refractivity contribution in [1.82, 2.24) is 0 Å². The van der Waals surface area contributed by atoms with Gasteiger partial charge in [-0.3, -0.25) is 10.0 Å². The van der Waals surface area contributed by atoms with Crippen molar-refractivity contribution in [2.24, 2.45) is 0 Å². The van der Waals surface area contributed by atoms with E-state index in [2.05, 4.69) is 0 Å². The Hall–Kier alpha value is -3.94. The Labute approximate surface area is 170 Å². The number of anilines is 1. The first kappa shape index (κ1) is 19.4. The summed E-state index contributed by atoms with van der Waals surface area (Å²) < 4.78 is 11.2. The Morgan fingerprint density at radius 2 is 1.73 bits per heavy atom. The number of rotatable bonds is 4. The van der Waals surface area contributed by atoms with E-state index in [0.717, 1.165) is 5.56 Å². The summed E-state index contributed by atoms with van der Waals surface area (Å²) in [5.74, 6) is 0.0133. The van der Waals surface area contributed by atoms with Gasteiger partial charge in [0.2, 0.25) is 5.43 Å². The Balaban J connectivity index is 1.65. The lowest BCUT2D eigenvalue weighted by Gasteiger charge is -2.21. The van der Waals surface area contributed by atoms with Gasteiger partial charge in [0.1, 0.15) is 17.1 Å². The fourth-order valence-electron chi connectivity index (χ4n) is 3.18. The predicted molar refractivity (Wildman–Crippen MR) is 112 cm³/mol. The van der Waals surface area contributed by atoms with Gasteiger partial charge in [-0.15, -0.1) is 0 Å². The van der Waals surface area contributed by atoms with Crippen LogP contribution in [-0.2, 0) is 0 Å². The summed E-state index contributed by atoms with van der Waals surface area (Å²) in [5, 5.41) is 19.8. The molecule has 0 fully saturated rings. The second kappa shape index (κ2) is 7.82. The van der Waals surface area contributed by atoms with Crippen LogP contribution in [0.4, 0.5) is 5.69 Å². The number of aryl methyl sites for hydroxylation is 1. The Morgan fingerprint density at radius 3 is 2.40 bits per heavy atom. The molecule has 0 saturated carbocycles. The third-order valence-corrected chi connectivity index (χ3v) is 4.64. The summed E-state index contributed by atoms with van der Waals surface area (Å²) in [7, 11) is 0. The number of nitrogens with zero attached hydrogens (tertiary/aromatic N) is 1. The molecular formula is C23H16NO6-. The summed E-state index contributed by atoms with van der Waals surface area (Å²) in [5.41, 5.74) is 1.58. The van der Waals surface area contributed by atoms with E-state index in [1.807, 2.05) is 30.3 Å². The van der Waals surface area contributed by atoms with Crippen molar-refractivity contribution in [3.63, 3.8) is 0 Å². The van der Waals surface area contributed by atoms with Gasteiger partial charge in [-0.25, -0.2) is 4.79 Å². The molecule has 4 aromatic rings. The lowest BCUT2D eigenvalue weighted by molar-refractivity contribution is 0.0735. The lowest BCUT2D eigenvalue weighted by atomic mass is 10.0. The highest BCUT2D eigenvalue weighted by molar-refractivity contribution is 5.92. The number of benzene rings is 3. The summed E-state index contributed by atoms with van der Waals surface area (Å²) in [6.07, 6.45) is 0. The van der Waals surface area contributed by atoms with Gasteiger partial charge in [0.15, 0.2) is 0 Å². The molecule has 0 atom stereocenters. The molecule has 7 heteroatoms. The number of hydrogen-bond donors (Lipinski definition) is 1. The van der Waals surface area contributed by atoms with E-state index < -0.39 is 5.97 Å². The first-order valence-corrected chi connectivity index (χ1v) is 9.05. The molecule has 7 nitrogen and oxygen atoms in total. The third kappa shape index (κ3) is 3.67. The normalized spacial score (nSPS) is 10.8. The zero-order chi connectivity index (χ0) is 21.3. The first-order chi connectivity index (χ1) is 14.4. The number of hydrogen-bond acceptors (Lipinski definition) is 7. The maximum absolute atomic E-state index is 13.0. The minimum atomic E-state index is -0.656. The monoisotopic (exact) mass is 402 g/mol. The van der Waals surface area contributed by atoms with Crippen LogP contribution in [0.3, 0.4) is 0 Å². The van der Waals surface area contributed by atoms with E-state index in [1.54, 1.807) is 13.0 Å². The molecule has 30 heavy (non-hydrogen) atoms. The zero-order valence-corrected chi connectivity index (χ0v) is 15.9. The fraction of sp³-hybridized carbons (Fsp3) is 0.0435.